The van der Waals surface area contributed by atoms with Gasteiger partial charge in [0.05, 0.1) is 12.5 Å². The number of carbonyl (C=O) groups excluding carboxylic acids is 1. The number of aromatic nitrogens is 2. The van der Waals surface area contributed by atoms with Gasteiger partial charge in [0.15, 0.2) is 0 Å². The molecule has 3 rings (SSSR count). The lowest BCUT2D eigenvalue weighted by molar-refractivity contribution is -0.131. The van der Waals surface area contributed by atoms with Crippen LogP contribution in [0.5, 0.6) is 0 Å². The van der Waals surface area contributed by atoms with Crippen molar-refractivity contribution < 1.29 is 9.32 Å². The Morgan fingerprint density at radius 3 is 3.15 bits per heavy atom. The van der Waals surface area contributed by atoms with Crippen LogP contribution in [0.1, 0.15) is 35.9 Å². The number of carbonyl (C=O) groups is 1. The first-order valence-electron chi connectivity index (χ1n) is 6.85. The predicted octanol–water partition coefficient (Wildman–Crippen LogP) is 2.28. The number of aryl methyl sites for hydroxylation is 1. The van der Waals surface area contributed by atoms with Crippen LogP contribution in [0.25, 0.3) is 0 Å². The molecule has 1 aliphatic heterocycles. The molecule has 0 aromatic carbocycles. The molecule has 3 heterocycles. The fraction of sp³-hybridized carbons (Fsp3) is 0.400. The van der Waals surface area contributed by atoms with E-state index in [1.165, 1.54) is 0 Å². The molecule has 20 heavy (non-hydrogen) atoms. The van der Waals surface area contributed by atoms with E-state index in [2.05, 4.69) is 10.1 Å². The Balaban J connectivity index is 1.73. The number of hydrogen-bond acceptors (Lipinski definition) is 4. The average Bonchev–Trinajstić information content (AvgIpc) is 3.08. The largest absolute Gasteiger partial charge is 0.361 e. The highest BCUT2D eigenvalue weighted by Crippen LogP contribution is 2.31. The van der Waals surface area contributed by atoms with E-state index >= 15 is 0 Å². The molecule has 1 saturated heterocycles. The molecule has 0 N–H and O–H groups in total. The first-order valence-corrected chi connectivity index (χ1v) is 6.85. The zero-order chi connectivity index (χ0) is 13.9. The van der Waals surface area contributed by atoms with Gasteiger partial charge >= 0.3 is 0 Å². The lowest BCUT2D eigenvalue weighted by atomic mass is 10.1. The van der Waals surface area contributed by atoms with Crippen LogP contribution in [0.2, 0.25) is 0 Å². The van der Waals surface area contributed by atoms with E-state index in [0.717, 1.165) is 36.4 Å². The van der Waals surface area contributed by atoms with Gasteiger partial charge in [0, 0.05) is 25.0 Å². The van der Waals surface area contributed by atoms with E-state index in [4.69, 9.17) is 4.52 Å². The topological polar surface area (TPSA) is 59.2 Å². The van der Waals surface area contributed by atoms with Crippen LogP contribution in [0.3, 0.4) is 0 Å². The lowest BCUT2D eigenvalue weighted by Gasteiger charge is -2.23. The van der Waals surface area contributed by atoms with Crippen molar-refractivity contribution in [1.82, 2.24) is 15.0 Å². The van der Waals surface area contributed by atoms with Gasteiger partial charge in [-0.05, 0) is 31.4 Å². The van der Waals surface area contributed by atoms with Gasteiger partial charge in [-0.15, -0.1) is 0 Å². The number of hydrogen-bond donors (Lipinski definition) is 0. The molecule has 0 spiro atoms. The van der Waals surface area contributed by atoms with E-state index in [1.54, 1.807) is 12.4 Å². The molecule has 0 bridgehead atoms. The standard InChI is InChI=1S/C15H17N3O2/c1-11-8-13(17-20-11)14-5-3-7-18(14)15(19)9-12-4-2-6-16-10-12/h2,4,6,8,10,14H,3,5,7,9H2,1H3/t14-/m0/s1. The van der Waals surface area contributed by atoms with E-state index in [1.807, 2.05) is 30.0 Å². The SMILES string of the molecule is Cc1cc([C@@H]2CCCN2C(=O)Cc2cccnc2)no1. The van der Waals surface area contributed by atoms with E-state index in [9.17, 15) is 4.79 Å². The molecular formula is C15H17N3O2. The second kappa shape index (κ2) is 5.45. The minimum atomic E-state index is 0.0524. The monoisotopic (exact) mass is 271 g/mol. The molecule has 5 heteroatoms. The summed E-state index contributed by atoms with van der Waals surface area (Å²) in [5.74, 6) is 0.910. The highest BCUT2D eigenvalue weighted by atomic mass is 16.5. The Kier molecular flexibility index (Phi) is 3.50. The lowest BCUT2D eigenvalue weighted by Crippen LogP contribution is -2.32. The maximum Gasteiger partial charge on any atom is 0.227 e. The number of pyridine rings is 1. The number of amides is 1. The Morgan fingerprint density at radius 2 is 2.45 bits per heavy atom. The van der Waals surface area contributed by atoms with Gasteiger partial charge in [-0.2, -0.15) is 0 Å². The molecule has 0 unspecified atom stereocenters. The van der Waals surface area contributed by atoms with Gasteiger partial charge in [0.1, 0.15) is 11.5 Å². The number of rotatable bonds is 3. The first kappa shape index (κ1) is 12.8. The molecule has 0 aliphatic carbocycles. The third-order valence-corrected chi connectivity index (χ3v) is 3.64. The molecule has 104 valence electrons. The summed E-state index contributed by atoms with van der Waals surface area (Å²) in [7, 11) is 0. The Hall–Kier alpha value is -2.17. The number of likely N-dealkylation sites (tertiary alicyclic amines) is 1. The van der Waals surface area contributed by atoms with Crippen LogP contribution in [-0.4, -0.2) is 27.5 Å². The average molecular weight is 271 g/mol. The van der Waals surface area contributed by atoms with Gasteiger partial charge < -0.3 is 9.42 Å². The zero-order valence-corrected chi connectivity index (χ0v) is 11.5. The molecule has 1 atom stereocenters. The molecule has 1 aliphatic rings. The van der Waals surface area contributed by atoms with Crippen molar-refractivity contribution >= 4 is 5.91 Å². The van der Waals surface area contributed by atoms with Crippen LogP contribution in [0.15, 0.2) is 35.1 Å². The summed E-state index contributed by atoms with van der Waals surface area (Å²) < 4.78 is 5.13. The van der Waals surface area contributed by atoms with Gasteiger partial charge in [-0.1, -0.05) is 11.2 Å². The molecule has 2 aromatic heterocycles. The third-order valence-electron chi connectivity index (χ3n) is 3.64. The van der Waals surface area contributed by atoms with Crippen molar-refractivity contribution in [3.63, 3.8) is 0 Å². The summed E-state index contributed by atoms with van der Waals surface area (Å²) in [6.07, 6.45) is 5.80. The summed E-state index contributed by atoms with van der Waals surface area (Å²) in [6, 6.07) is 5.75. The Bertz CT molecular complexity index is 594. The van der Waals surface area contributed by atoms with Crippen LogP contribution in [0, 0.1) is 6.92 Å². The third kappa shape index (κ3) is 2.57. The summed E-state index contributed by atoms with van der Waals surface area (Å²) in [4.78, 5) is 18.4. The number of nitrogens with zero attached hydrogens (tertiary/aromatic N) is 3. The van der Waals surface area contributed by atoms with Crippen LogP contribution >= 0.6 is 0 Å². The highest BCUT2D eigenvalue weighted by molar-refractivity contribution is 5.79. The summed E-state index contributed by atoms with van der Waals surface area (Å²) in [6.45, 7) is 2.66. The Labute approximate surface area is 117 Å². The maximum absolute atomic E-state index is 12.4. The van der Waals surface area contributed by atoms with Crippen molar-refractivity contribution in [2.24, 2.45) is 0 Å². The molecule has 1 fully saturated rings. The van der Waals surface area contributed by atoms with Crippen molar-refractivity contribution in [2.45, 2.75) is 32.2 Å². The van der Waals surface area contributed by atoms with Crippen molar-refractivity contribution in [2.75, 3.05) is 6.54 Å². The van der Waals surface area contributed by atoms with Gasteiger partial charge in [-0.3, -0.25) is 9.78 Å². The van der Waals surface area contributed by atoms with E-state index in [0.29, 0.717) is 6.42 Å². The van der Waals surface area contributed by atoms with Crippen molar-refractivity contribution in [3.8, 4) is 0 Å². The second-order valence-electron chi connectivity index (χ2n) is 5.15. The molecule has 5 nitrogen and oxygen atoms in total. The zero-order valence-electron chi connectivity index (χ0n) is 11.5. The van der Waals surface area contributed by atoms with Gasteiger partial charge in [0.2, 0.25) is 5.91 Å². The smallest absolute Gasteiger partial charge is 0.227 e. The minimum absolute atomic E-state index is 0.0524. The van der Waals surface area contributed by atoms with Crippen LogP contribution < -0.4 is 0 Å². The molecular weight excluding hydrogens is 254 g/mol. The van der Waals surface area contributed by atoms with Crippen molar-refractivity contribution in [3.05, 3.63) is 47.6 Å². The van der Waals surface area contributed by atoms with Crippen LogP contribution in [0.4, 0.5) is 0 Å². The first-order chi connectivity index (χ1) is 9.74. The minimum Gasteiger partial charge on any atom is -0.361 e. The van der Waals surface area contributed by atoms with Crippen molar-refractivity contribution in [1.29, 1.82) is 0 Å². The van der Waals surface area contributed by atoms with Gasteiger partial charge in [-0.25, -0.2) is 0 Å². The maximum atomic E-state index is 12.4. The summed E-state index contributed by atoms with van der Waals surface area (Å²) in [5, 5.41) is 4.06. The fourth-order valence-electron chi connectivity index (χ4n) is 2.69. The molecule has 0 radical (unpaired) electrons. The van der Waals surface area contributed by atoms with E-state index in [-0.39, 0.29) is 11.9 Å². The second-order valence-corrected chi connectivity index (χ2v) is 5.15. The molecule has 2 aromatic rings. The van der Waals surface area contributed by atoms with Crippen LogP contribution in [-0.2, 0) is 11.2 Å². The molecule has 0 saturated carbocycles. The quantitative estimate of drug-likeness (QED) is 0.859. The van der Waals surface area contributed by atoms with E-state index < -0.39 is 0 Å². The summed E-state index contributed by atoms with van der Waals surface area (Å²) >= 11 is 0. The summed E-state index contributed by atoms with van der Waals surface area (Å²) in [5.41, 5.74) is 1.80. The predicted molar refractivity (Wildman–Crippen MR) is 72.9 cm³/mol. The molecule has 1 amide bonds. The Morgan fingerprint density at radius 1 is 1.55 bits per heavy atom. The fourth-order valence-corrected chi connectivity index (χ4v) is 2.69. The highest BCUT2D eigenvalue weighted by Gasteiger charge is 2.31. The van der Waals surface area contributed by atoms with Gasteiger partial charge in [0.25, 0.3) is 0 Å². The normalized spacial score (nSPS) is 18.4.